The van der Waals surface area contributed by atoms with Crippen LogP contribution < -0.4 is 9.46 Å². The third kappa shape index (κ3) is 3.50. The Morgan fingerprint density at radius 2 is 1.81 bits per heavy atom. The highest BCUT2D eigenvalue weighted by molar-refractivity contribution is 7.89. The van der Waals surface area contributed by atoms with Crippen molar-refractivity contribution >= 4 is 10.0 Å². The average Bonchev–Trinajstić information content (AvgIpc) is 2.16. The molecule has 0 unspecified atom stereocenters. The van der Waals surface area contributed by atoms with Gasteiger partial charge in [0.25, 0.3) is 0 Å². The van der Waals surface area contributed by atoms with Gasteiger partial charge in [0, 0.05) is 6.54 Å². The molecule has 16 heavy (non-hydrogen) atoms. The first-order valence-electron chi connectivity index (χ1n) is 5.12. The Kier molecular flexibility index (Phi) is 4.32. The maximum atomic E-state index is 11.4. The summed E-state index contributed by atoms with van der Waals surface area (Å²) in [7, 11) is -3.34. The number of hydrogen-bond acceptors (Lipinski definition) is 3. The molecule has 1 N–H and O–H groups in total. The first-order chi connectivity index (χ1) is 7.46. The molecule has 0 radical (unpaired) electrons. The van der Waals surface area contributed by atoms with Gasteiger partial charge in [-0.2, -0.15) is 0 Å². The topological polar surface area (TPSA) is 55.4 Å². The Balaban J connectivity index is 2.76. The summed E-state index contributed by atoms with van der Waals surface area (Å²) >= 11 is 0. The number of hydrogen-bond donors (Lipinski definition) is 1. The Labute approximate surface area is 96.7 Å². The van der Waals surface area contributed by atoms with Crippen molar-refractivity contribution in [3.05, 3.63) is 29.3 Å². The van der Waals surface area contributed by atoms with E-state index >= 15 is 0 Å². The zero-order valence-electron chi connectivity index (χ0n) is 9.78. The van der Waals surface area contributed by atoms with Crippen molar-refractivity contribution in [2.45, 2.75) is 20.8 Å². The van der Waals surface area contributed by atoms with Crippen molar-refractivity contribution in [1.82, 2.24) is 4.72 Å². The fraction of sp³-hybridized carbons (Fsp3) is 0.455. The van der Waals surface area contributed by atoms with Crippen molar-refractivity contribution in [3.8, 4) is 5.75 Å². The highest BCUT2D eigenvalue weighted by Crippen LogP contribution is 2.22. The fourth-order valence-electron chi connectivity index (χ4n) is 1.42. The summed E-state index contributed by atoms with van der Waals surface area (Å²) in [6.07, 6.45) is 0. The van der Waals surface area contributed by atoms with Gasteiger partial charge in [0.15, 0.2) is 0 Å². The monoisotopic (exact) mass is 243 g/mol. The second-order valence-corrected chi connectivity index (χ2v) is 5.35. The molecule has 0 aliphatic heterocycles. The third-order valence-corrected chi connectivity index (χ3v) is 3.29. The lowest BCUT2D eigenvalue weighted by molar-refractivity contribution is 0.369. The summed E-state index contributed by atoms with van der Waals surface area (Å²) in [5.41, 5.74) is 1.87. The van der Waals surface area contributed by atoms with Crippen molar-refractivity contribution in [1.29, 1.82) is 0 Å². The van der Waals surface area contributed by atoms with E-state index in [1.165, 1.54) is 0 Å². The normalized spacial score (nSPS) is 11.4. The predicted molar refractivity (Wildman–Crippen MR) is 64.0 cm³/mol. The van der Waals surface area contributed by atoms with E-state index in [9.17, 15) is 8.42 Å². The van der Waals surface area contributed by atoms with Crippen LogP contribution in [0, 0.1) is 13.8 Å². The number of ether oxygens (including phenoxy) is 1. The Morgan fingerprint density at radius 1 is 1.25 bits per heavy atom. The molecule has 0 spiro atoms. The molecule has 0 saturated heterocycles. The minimum Gasteiger partial charge on any atom is -0.476 e. The molecule has 0 aliphatic carbocycles. The highest BCUT2D eigenvalue weighted by atomic mass is 32.2. The van der Waals surface area contributed by atoms with Crippen molar-refractivity contribution in [3.63, 3.8) is 0 Å². The quantitative estimate of drug-likeness (QED) is 0.854. The lowest BCUT2D eigenvalue weighted by atomic mass is 10.1. The van der Waals surface area contributed by atoms with Gasteiger partial charge in [-0.25, -0.2) is 13.1 Å². The van der Waals surface area contributed by atoms with Gasteiger partial charge >= 0.3 is 0 Å². The molecule has 0 heterocycles. The lowest BCUT2D eigenvalue weighted by Crippen LogP contribution is -2.28. The minimum absolute atomic E-state index is 0.341. The van der Waals surface area contributed by atoms with Crippen molar-refractivity contribution in [2.75, 3.05) is 12.5 Å². The summed E-state index contributed by atoms with van der Waals surface area (Å²) < 4.78 is 30.5. The van der Waals surface area contributed by atoms with Crippen LogP contribution in [0.25, 0.3) is 0 Å². The van der Waals surface area contributed by atoms with E-state index in [-0.39, 0.29) is 5.94 Å². The van der Waals surface area contributed by atoms with Gasteiger partial charge in [-0.3, -0.25) is 0 Å². The van der Waals surface area contributed by atoms with Crippen LogP contribution >= 0.6 is 0 Å². The average molecular weight is 243 g/mol. The second-order valence-electron chi connectivity index (χ2n) is 3.60. The van der Waals surface area contributed by atoms with Crippen molar-refractivity contribution in [2.24, 2.45) is 0 Å². The van der Waals surface area contributed by atoms with Crippen LogP contribution in [0.15, 0.2) is 18.2 Å². The van der Waals surface area contributed by atoms with Gasteiger partial charge < -0.3 is 4.74 Å². The number of para-hydroxylation sites is 1. The molecular formula is C11H17NO3S. The Hall–Kier alpha value is -1.07. The number of aryl methyl sites for hydroxylation is 2. The first kappa shape index (κ1) is 13.0. The van der Waals surface area contributed by atoms with Crippen LogP contribution in [0.3, 0.4) is 0 Å². The van der Waals surface area contributed by atoms with E-state index < -0.39 is 10.0 Å². The van der Waals surface area contributed by atoms with Gasteiger partial charge in [-0.05, 0) is 25.0 Å². The first-order valence-corrected chi connectivity index (χ1v) is 6.78. The van der Waals surface area contributed by atoms with E-state index in [4.69, 9.17) is 4.74 Å². The molecule has 0 bridgehead atoms. The molecule has 0 aliphatic rings. The SMILES string of the molecule is CCNS(=O)(=O)COc1c(C)cccc1C. The molecule has 1 aromatic carbocycles. The maximum absolute atomic E-state index is 11.4. The fourth-order valence-corrected chi connectivity index (χ4v) is 2.22. The number of nitrogens with one attached hydrogen (secondary N) is 1. The zero-order valence-corrected chi connectivity index (χ0v) is 10.6. The summed E-state index contributed by atoms with van der Waals surface area (Å²) in [6.45, 7) is 5.89. The smallest absolute Gasteiger partial charge is 0.246 e. The molecule has 5 heteroatoms. The van der Waals surface area contributed by atoms with Crippen LogP contribution in [0.2, 0.25) is 0 Å². The Morgan fingerprint density at radius 3 is 2.31 bits per heavy atom. The number of rotatable bonds is 5. The molecule has 90 valence electrons. The van der Waals surface area contributed by atoms with E-state index in [2.05, 4.69) is 4.72 Å². The standard InChI is InChI=1S/C11H17NO3S/c1-4-12-16(13,14)8-15-11-9(2)6-5-7-10(11)3/h5-7,12H,4,8H2,1-3H3. The predicted octanol–water partition coefficient (Wildman–Crippen LogP) is 1.58. The molecule has 0 amide bonds. The second kappa shape index (κ2) is 5.32. The summed E-state index contributed by atoms with van der Waals surface area (Å²) in [6, 6.07) is 5.70. The zero-order chi connectivity index (χ0) is 12.2. The number of sulfonamides is 1. The van der Waals surface area contributed by atoms with Gasteiger partial charge in [0.1, 0.15) is 5.75 Å². The van der Waals surface area contributed by atoms with Gasteiger partial charge in [-0.1, -0.05) is 25.1 Å². The van der Waals surface area contributed by atoms with E-state index in [1.54, 1.807) is 6.92 Å². The van der Waals surface area contributed by atoms with Gasteiger partial charge in [-0.15, -0.1) is 0 Å². The minimum atomic E-state index is -3.34. The van der Waals surface area contributed by atoms with E-state index in [1.807, 2.05) is 32.0 Å². The van der Waals surface area contributed by atoms with Crippen LogP contribution in [0.1, 0.15) is 18.1 Å². The van der Waals surface area contributed by atoms with Crippen LogP contribution in [0.5, 0.6) is 5.75 Å². The molecule has 4 nitrogen and oxygen atoms in total. The molecule has 0 saturated carbocycles. The molecule has 0 fully saturated rings. The molecule has 0 atom stereocenters. The summed E-state index contributed by atoms with van der Waals surface area (Å²) in [4.78, 5) is 0. The largest absolute Gasteiger partial charge is 0.476 e. The summed E-state index contributed by atoms with van der Waals surface area (Å²) in [5.74, 6) is 0.302. The van der Waals surface area contributed by atoms with Crippen molar-refractivity contribution < 1.29 is 13.2 Å². The van der Waals surface area contributed by atoms with Gasteiger partial charge in [0.2, 0.25) is 16.0 Å². The lowest BCUT2D eigenvalue weighted by Gasteiger charge is -2.12. The number of benzene rings is 1. The van der Waals surface area contributed by atoms with Crippen LogP contribution in [-0.2, 0) is 10.0 Å². The van der Waals surface area contributed by atoms with Gasteiger partial charge in [0.05, 0.1) is 0 Å². The molecule has 1 rings (SSSR count). The van der Waals surface area contributed by atoms with Crippen LogP contribution in [-0.4, -0.2) is 20.9 Å². The van der Waals surface area contributed by atoms with E-state index in [0.29, 0.717) is 12.3 Å². The third-order valence-electron chi connectivity index (χ3n) is 2.13. The molecular weight excluding hydrogens is 226 g/mol. The maximum Gasteiger partial charge on any atom is 0.246 e. The Bertz CT molecular complexity index is 434. The summed E-state index contributed by atoms with van der Waals surface area (Å²) in [5, 5.41) is 0. The van der Waals surface area contributed by atoms with Crippen LogP contribution in [0.4, 0.5) is 0 Å². The molecule has 1 aromatic rings. The highest BCUT2D eigenvalue weighted by Gasteiger charge is 2.11. The van der Waals surface area contributed by atoms with E-state index in [0.717, 1.165) is 11.1 Å². The molecule has 0 aromatic heterocycles.